The first-order valence-electron chi connectivity index (χ1n) is 5.77. The Balaban J connectivity index is 1.72. The minimum Gasteiger partial charge on any atom is -0.381 e. The van der Waals surface area contributed by atoms with Gasteiger partial charge >= 0.3 is 0 Å². The molecule has 0 spiro atoms. The molecule has 86 valence electrons. The zero-order valence-corrected chi connectivity index (χ0v) is 9.32. The molecule has 2 aliphatic rings. The lowest BCUT2D eigenvalue weighted by Gasteiger charge is -2.44. The minimum absolute atomic E-state index is 0.127. The predicted molar refractivity (Wildman–Crippen MR) is 57.3 cm³/mol. The first-order chi connectivity index (χ1) is 7.20. The van der Waals surface area contributed by atoms with Gasteiger partial charge in [-0.15, -0.1) is 0 Å². The molecule has 1 saturated carbocycles. The zero-order chi connectivity index (χ0) is 10.8. The van der Waals surface area contributed by atoms with Crippen LogP contribution in [0.3, 0.4) is 0 Å². The summed E-state index contributed by atoms with van der Waals surface area (Å²) in [5.74, 6) is 0.00757. The number of amides is 1. The quantitative estimate of drug-likeness (QED) is 0.735. The molecule has 1 heterocycles. The molecular formula is C11H20N2O2. The van der Waals surface area contributed by atoms with E-state index in [0.29, 0.717) is 12.1 Å². The Hall–Kier alpha value is -0.610. The van der Waals surface area contributed by atoms with Crippen LogP contribution in [-0.4, -0.2) is 43.2 Å². The molecular weight excluding hydrogens is 192 g/mol. The second-order valence-electron chi connectivity index (χ2n) is 4.70. The number of carbonyl (C=O) groups excluding carboxylic acids is 1. The molecule has 2 N–H and O–H groups in total. The van der Waals surface area contributed by atoms with Crippen LogP contribution in [-0.2, 0) is 9.53 Å². The molecule has 0 aromatic carbocycles. The topological polar surface area (TPSA) is 55.6 Å². The monoisotopic (exact) mass is 212 g/mol. The Morgan fingerprint density at radius 1 is 1.33 bits per heavy atom. The summed E-state index contributed by atoms with van der Waals surface area (Å²) in [6, 6.07) is 0.598. The molecule has 0 radical (unpaired) electrons. The van der Waals surface area contributed by atoms with Gasteiger partial charge in [0.1, 0.15) is 0 Å². The Morgan fingerprint density at radius 3 is 2.40 bits per heavy atom. The number of hydrogen-bond acceptors (Lipinski definition) is 3. The van der Waals surface area contributed by atoms with E-state index in [0.717, 1.165) is 38.8 Å². The fourth-order valence-corrected chi connectivity index (χ4v) is 2.59. The third kappa shape index (κ3) is 2.32. The molecule has 0 bridgehead atoms. The first-order valence-corrected chi connectivity index (χ1v) is 5.77. The van der Waals surface area contributed by atoms with E-state index in [1.165, 1.54) is 0 Å². The SMILES string of the molecule is COC1CCN(C2CC(C(N)=O)C2)CC1. The van der Waals surface area contributed by atoms with Gasteiger partial charge in [0, 0.05) is 32.2 Å². The lowest BCUT2D eigenvalue weighted by Crippen LogP contribution is -2.51. The zero-order valence-electron chi connectivity index (χ0n) is 9.32. The Labute approximate surface area is 90.8 Å². The van der Waals surface area contributed by atoms with E-state index in [9.17, 15) is 4.79 Å². The fraction of sp³-hybridized carbons (Fsp3) is 0.909. The molecule has 0 aromatic heterocycles. The van der Waals surface area contributed by atoms with Gasteiger partial charge in [-0.05, 0) is 25.7 Å². The van der Waals surface area contributed by atoms with Crippen molar-refractivity contribution in [2.45, 2.75) is 37.8 Å². The number of nitrogens with zero attached hydrogens (tertiary/aromatic N) is 1. The summed E-state index contributed by atoms with van der Waals surface area (Å²) in [6.07, 6.45) is 4.61. The first kappa shape index (κ1) is 10.9. The van der Waals surface area contributed by atoms with Crippen molar-refractivity contribution in [3.8, 4) is 0 Å². The number of likely N-dealkylation sites (tertiary alicyclic amines) is 1. The third-order valence-electron chi connectivity index (χ3n) is 3.84. The van der Waals surface area contributed by atoms with Crippen molar-refractivity contribution in [1.82, 2.24) is 4.90 Å². The van der Waals surface area contributed by atoms with Gasteiger partial charge < -0.3 is 15.4 Å². The molecule has 2 fully saturated rings. The second-order valence-corrected chi connectivity index (χ2v) is 4.70. The van der Waals surface area contributed by atoms with E-state index >= 15 is 0 Å². The number of methoxy groups -OCH3 is 1. The van der Waals surface area contributed by atoms with Gasteiger partial charge in [0.25, 0.3) is 0 Å². The Bertz CT molecular complexity index is 231. The highest BCUT2D eigenvalue weighted by atomic mass is 16.5. The molecule has 15 heavy (non-hydrogen) atoms. The second kappa shape index (κ2) is 4.49. The van der Waals surface area contributed by atoms with E-state index in [1.54, 1.807) is 7.11 Å². The van der Waals surface area contributed by atoms with E-state index in [4.69, 9.17) is 10.5 Å². The van der Waals surface area contributed by atoms with Crippen LogP contribution in [0.5, 0.6) is 0 Å². The van der Waals surface area contributed by atoms with Gasteiger partial charge in [0.15, 0.2) is 0 Å². The summed E-state index contributed by atoms with van der Waals surface area (Å²) in [7, 11) is 1.78. The Morgan fingerprint density at radius 2 is 1.93 bits per heavy atom. The highest BCUT2D eigenvalue weighted by molar-refractivity contribution is 5.77. The number of nitrogens with two attached hydrogens (primary N) is 1. The van der Waals surface area contributed by atoms with Crippen LogP contribution < -0.4 is 5.73 Å². The lowest BCUT2D eigenvalue weighted by atomic mass is 9.78. The normalized spacial score (nSPS) is 33.7. The number of primary amides is 1. The summed E-state index contributed by atoms with van der Waals surface area (Å²) in [6.45, 7) is 2.21. The summed E-state index contributed by atoms with van der Waals surface area (Å²) < 4.78 is 5.33. The third-order valence-corrected chi connectivity index (χ3v) is 3.84. The molecule has 0 unspecified atom stereocenters. The van der Waals surface area contributed by atoms with E-state index in [2.05, 4.69) is 4.90 Å². The van der Waals surface area contributed by atoms with Crippen LogP contribution in [0.4, 0.5) is 0 Å². The van der Waals surface area contributed by atoms with Gasteiger partial charge in [0.05, 0.1) is 6.10 Å². The molecule has 4 heteroatoms. The van der Waals surface area contributed by atoms with Crippen molar-refractivity contribution >= 4 is 5.91 Å². The number of ether oxygens (including phenoxy) is 1. The number of piperidine rings is 1. The summed E-state index contributed by atoms with van der Waals surface area (Å²) in [5.41, 5.74) is 5.26. The van der Waals surface area contributed by atoms with E-state index in [-0.39, 0.29) is 11.8 Å². The van der Waals surface area contributed by atoms with E-state index < -0.39 is 0 Å². The lowest BCUT2D eigenvalue weighted by molar-refractivity contribution is -0.127. The van der Waals surface area contributed by atoms with Crippen LogP contribution >= 0.6 is 0 Å². The molecule has 1 amide bonds. The van der Waals surface area contributed by atoms with Crippen molar-refractivity contribution in [3.05, 3.63) is 0 Å². The largest absolute Gasteiger partial charge is 0.381 e. The maximum absolute atomic E-state index is 10.9. The van der Waals surface area contributed by atoms with Crippen molar-refractivity contribution in [3.63, 3.8) is 0 Å². The molecule has 0 atom stereocenters. The van der Waals surface area contributed by atoms with Crippen molar-refractivity contribution in [1.29, 1.82) is 0 Å². The number of rotatable bonds is 3. The van der Waals surface area contributed by atoms with Crippen molar-refractivity contribution < 1.29 is 9.53 Å². The average molecular weight is 212 g/mol. The standard InChI is InChI=1S/C11H20N2O2/c1-15-10-2-4-13(5-3-10)9-6-8(7-9)11(12)14/h8-10H,2-7H2,1H3,(H2,12,14). The fourth-order valence-electron chi connectivity index (χ4n) is 2.59. The van der Waals surface area contributed by atoms with Crippen LogP contribution in [0, 0.1) is 5.92 Å². The predicted octanol–water partition coefficient (Wildman–Crippen LogP) is 0.361. The van der Waals surface area contributed by atoms with Gasteiger partial charge in [-0.2, -0.15) is 0 Å². The number of hydrogen-bond donors (Lipinski definition) is 1. The maximum atomic E-state index is 10.9. The van der Waals surface area contributed by atoms with Crippen molar-refractivity contribution in [2.75, 3.05) is 20.2 Å². The van der Waals surface area contributed by atoms with Gasteiger partial charge in [0.2, 0.25) is 5.91 Å². The minimum atomic E-state index is -0.127. The van der Waals surface area contributed by atoms with E-state index in [1.807, 2.05) is 0 Å². The van der Waals surface area contributed by atoms with Crippen molar-refractivity contribution in [2.24, 2.45) is 11.7 Å². The van der Waals surface area contributed by atoms with Crippen LogP contribution in [0.1, 0.15) is 25.7 Å². The van der Waals surface area contributed by atoms with Gasteiger partial charge in [-0.1, -0.05) is 0 Å². The summed E-state index contributed by atoms with van der Waals surface area (Å²) >= 11 is 0. The average Bonchev–Trinajstić information content (AvgIpc) is 2.16. The van der Waals surface area contributed by atoms with Crippen LogP contribution in [0.15, 0.2) is 0 Å². The molecule has 0 aromatic rings. The Kier molecular flexibility index (Phi) is 3.26. The summed E-state index contributed by atoms with van der Waals surface area (Å²) in [4.78, 5) is 13.4. The molecule has 1 aliphatic carbocycles. The highest BCUT2D eigenvalue weighted by Crippen LogP contribution is 2.33. The molecule has 1 aliphatic heterocycles. The number of carbonyl (C=O) groups is 1. The molecule has 1 saturated heterocycles. The highest BCUT2D eigenvalue weighted by Gasteiger charge is 2.37. The molecule has 2 rings (SSSR count). The summed E-state index contributed by atoms with van der Waals surface area (Å²) in [5, 5.41) is 0. The maximum Gasteiger partial charge on any atom is 0.220 e. The van der Waals surface area contributed by atoms with Gasteiger partial charge in [-0.3, -0.25) is 4.79 Å². The van der Waals surface area contributed by atoms with Gasteiger partial charge in [-0.25, -0.2) is 0 Å². The van der Waals surface area contributed by atoms with Crippen LogP contribution in [0.2, 0.25) is 0 Å². The van der Waals surface area contributed by atoms with Crippen LogP contribution in [0.25, 0.3) is 0 Å². The smallest absolute Gasteiger partial charge is 0.220 e. The molecule has 4 nitrogen and oxygen atoms in total.